The Bertz CT molecular complexity index is 619. The predicted molar refractivity (Wildman–Crippen MR) is 75.6 cm³/mol. The van der Waals surface area contributed by atoms with E-state index in [-0.39, 0.29) is 12.4 Å². The van der Waals surface area contributed by atoms with Crippen LogP contribution < -0.4 is 4.72 Å². The number of thiophene rings is 1. The van der Waals surface area contributed by atoms with Crippen LogP contribution in [-0.2, 0) is 10.0 Å². The van der Waals surface area contributed by atoms with E-state index in [1.807, 2.05) is 23.6 Å². The zero-order chi connectivity index (χ0) is 13.0. The third-order valence-electron chi connectivity index (χ3n) is 2.55. The first-order valence-corrected chi connectivity index (χ1v) is 8.22. The largest absolute Gasteiger partial charge is 0.396 e. The highest BCUT2D eigenvalue weighted by Crippen LogP contribution is 2.24. The molecule has 2 N–H and O–H groups in total. The van der Waals surface area contributed by atoms with Crippen LogP contribution in [0.1, 0.15) is 12.8 Å². The molecule has 0 atom stereocenters. The smallest absolute Gasteiger partial charge is 0.232 e. The highest BCUT2D eigenvalue weighted by atomic mass is 32.2. The summed E-state index contributed by atoms with van der Waals surface area (Å²) in [4.78, 5) is 0. The van der Waals surface area contributed by atoms with Gasteiger partial charge in [-0.3, -0.25) is 4.72 Å². The summed E-state index contributed by atoms with van der Waals surface area (Å²) in [5.41, 5.74) is 0.588. The van der Waals surface area contributed by atoms with Crippen LogP contribution in [-0.4, -0.2) is 25.9 Å². The fraction of sp³-hybridized carbons (Fsp3) is 0.333. The molecule has 0 aliphatic carbocycles. The number of benzene rings is 1. The van der Waals surface area contributed by atoms with Gasteiger partial charge in [0, 0.05) is 17.0 Å². The number of anilines is 1. The summed E-state index contributed by atoms with van der Waals surface area (Å²) in [6.45, 7) is 0.0242. The van der Waals surface area contributed by atoms with Crippen molar-refractivity contribution >= 4 is 37.1 Å². The molecule has 98 valence electrons. The zero-order valence-corrected chi connectivity index (χ0v) is 11.4. The highest BCUT2D eigenvalue weighted by molar-refractivity contribution is 7.92. The van der Waals surface area contributed by atoms with Crippen LogP contribution in [0.15, 0.2) is 29.6 Å². The second-order valence-corrected chi connectivity index (χ2v) is 6.81. The van der Waals surface area contributed by atoms with Crippen molar-refractivity contribution in [2.75, 3.05) is 17.1 Å². The van der Waals surface area contributed by atoms with E-state index in [4.69, 9.17) is 5.11 Å². The van der Waals surface area contributed by atoms with Gasteiger partial charge in [0.05, 0.1) is 5.75 Å². The van der Waals surface area contributed by atoms with E-state index in [1.165, 1.54) is 0 Å². The van der Waals surface area contributed by atoms with Crippen molar-refractivity contribution < 1.29 is 13.5 Å². The molecule has 1 aromatic carbocycles. The summed E-state index contributed by atoms with van der Waals surface area (Å²) in [6, 6.07) is 7.47. The molecule has 0 saturated carbocycles. The summed E-state index contributed by atoms with van der Waals surface area (Å²) in [6.07, 6.45) is 0.969. The summed E-state index contributed by atoms with van der Waals surface area (Å²) < 4.78 is 27.2. The minimum absolute atomic E-state index is 0.0242. The summed E-state index contributed by atoms with van der Waals surface area (Å²) in [7, 11) is -3.32. The summed E-state index contributed by atoms with van der Waals surface area (Å²) in [5.74, 6) is 0.0369. The lowest BCUT2D eigenvalue weighted by Crippen LogP contribution is -2.16. The van der Waals surface area contributed by atoms with Crippen molar-refractivity contribution in [2.24, 2.45) is 0 Å². The Balaban J connectivity index is 2.07. The van der Waals surface area contributed by atoms with Crippen molar-refractivity contribution in [3.8, 4) is 0 Å². The van der Waals surface area contributed by atoms with Crippen molar-refractivity contribution in [3.63, 3.8) is 0 Å². The Morgan fingerprint density at radius 3 is 2.83 bits per heavy atom. The van der Waals surface area contributed by atoms with E-state index >= 15 is 0 Å². The Hall–Kier alpha value is -1.11. The molecule has 0 aliphatic heterocycles. The fourth-order valence-electron chi connectivity index (χ4n) is 1.66. The molecule has 0 amide bonds. The van der Waals surface area contributed by atoms with Crippen LogP contribution in [0.4, 0.5) is 5.69 Å². The van der Waals surface area contributed by atoms with Crippen LogP contribution in [0.2, 0.25) is 0 Å². The molecule has 0 radical (unpaired) electrons. The SMILES string of the molecule is O=S(=O)(CCCCO)Nc1ccc2sccc2c1. The molecule has 1 aromatic heterocycles. The van der Waals surface area contributed by atoms with Gasteiger partial charge in [-0.2, -0.15) is 0 Å². The molecule has 0 aliphatic rings. The fourth-order valence-corrected chi connectivity index (χ4v) is 3.61. The molecule has 0 saturated heterocycles. The molecule has 0 bridgehead atoms. The number of aliphatic hydroxyl groups is 1. The summed E-state index contributed by atoms with van der Waals surface area (Å²) in [5, 5.41) is 11.6. The highest BCUT2D eigenvalue weighted by Gasteiger charge is 2.10. The normalized spacial score (nSPS) is 11.8. The topological polar surface area (TPSA) is 66.4 Å². The number of hydrogen-bond acceptors (Lipinski definition) is 4. The minimum atomic E-state index is -3.32. The molecule has 4 nitrogen and oxygen atoms in total. The molecule has 1 heterocycles. The van der Waals surface area contributed by atoms with E-state index in [2.05, 4.69) is 4.72 Å². The first-order chi connectivity index (χ1) is 8.61. The average Bonchev–Trinajstić information content (AvgIpc) is 2.75. The number of nitrogens with one attached hydrogen (secondary N) is 1. The van der Waals surface area contributed by atoms with Gasteiger partial charge < -0.3 is 5.11 Å². The molecule has 2 rings (SSSR count). The van der Waals surface area contributed by atoms with Crippen LogP contribution in [0, 0.1) is 0 Å². The van der Waals surface area contributed by atoms with Gasteiger partial charge in [-0.25, -0.2) is 8.42 Å². The van der Waals surface area contributed by atoms with Crippen LogP contribution in [0.25, 0.3) is 10.1 Å². The lowest BCUT2D eigenvalue weighted by atomic mass is 10.2. The van der Waals surface area contributed by atoms with Crippen molar-refractivity contribution in [2.45, 2.75) is 12.8 Å². The van der Waals surface area contributed by atoms with Gasteiger partial charge in [-0.15, -0.1) is 11.3 Å². The maximum atomic E-state index is 11.8. The molecule has 0 spiro atoms. The van der Waals surface area contributed by atoms with Crippen LogP contribution in [0.3, 0.4) is 0 Å². The maximum Gasteiger partial charge on any atom is 0.232 e. The Morgan fingerprint density at radius 2 is 2.06 bits per heavy atom. The monoisotopic (exact) mass is 285 g/mol. The molecule has 18 heavy (non-hydrogen) atoms. The van der Waals surface area contributed by atoms with Gasteiger partial charge in [0.15, 0.2) is 0 Å². The molecular weight excluding hydrogens is 270 g/mol. The number of rotatable bonds is 6. The van der Waals surface area contributed by atoms with Gasteiger partial charge in [-0.1, -0.05) is 0 Å². The van der Waals surface area contributed by atoms with Gasteiger partial charge in [0.1, 0.15) is 0 Å². The first kappa shape index (κ1) is 13.3. The number of aliphatic hydroxyl groups excluding tert-OH is 1. The first-order valence-electron chi connectivity index (χ1n) is 5.69. The lowest BCUT2D eigenvalue weighted by molar-refractivity contribution is 0.287. The second-order valence-electron chi connectivity index (χ2n) is 4.02. The zero-order valence-electron chi connectivity index (χ0n) is 9.80. The molecule has 0 fully saturated rings. The summed E-state index contributed by atoms with van der Waals surface area (Å²) >= 11 is 1.63. The van der Waals surface area contributed by atoms with E-state index < -0.39 is 10.0 Å². The third-order valence-corrected chi connectivity index (χ3v) is 4.82. The molecule has 0 unspecified atom stereocenters. The standard InChI is InChI=1S/C12H15NO3S2/c14-6-1-2-8-18(15,16)13-11-3-4-12-10(9-11)5-7-17-12/h3-5,7,9,13-14H,1-2,6,8H2. The Morgan fingerprint density at radius 1 is 1.22 bits per heavy atom. The molecule has 2 aromatic rings. The van der Waals surface area contributed by atoms with Crippen LogP contribution >= 0.6 is 11.3 Å². The van der Waals surface area contributed by atoms with Gasteiger partial charge in [0.25, 0.3) is 0 Å². The lowest BCUT2D eigenvalue weighted by Gasteiger charge is -2.07. The Labute approximate surface area is 110 Å². The average molecular weight is 285 g/mol. The van der Waals surface area contributed by atoms with Crippen molar-refractivity contribution in [1.29, 1.82) is 0 Å². The van der Waals surface area contributed by atoms with Gasteiger partial charge >= 0.3 is 0 Å². The van der Waals surface area contributed by atoms with E-state index in [0.29, 0.717) is 18.5 Å². The number of hydrogen-bond donors (Lipinski definition) is 2. The molecule has 6 heteroatoms. The number of sulfonamides is 1. The van der Waals surface area contributed by atoms with Crippen molar-refractivity contribution in [3.05, 3.63) is 29.6 Å². The predicted octanol–water partition coefficient (Wildman–Crippen LogP) is 2.42. The van der Waals surface area contributed by atoms with E-state index in [1.54, 1.807) is 17.4 Å². The Kier molecular flexibility index (Phi) is 4.21. The van der Waals surface area contributed by atoms with E-state index in [0.717, 1.165) is 10.1 Å². The number of unbranched alkanes of at least 4 members (excludes halogenated alkanes) is 1. The third kappa shape index (κ3) is 3.44. The van der Waals surface area contributed by atoms with Gasteiger partial charge in [-0.05, 0) is 47.9 Å². The maximum absolute atomic E-state index is 11.8. The van der Waals surface area contributed by atoms with Crippen molar-refractivity contribution in [1.82, 2.24) is 0 Å². The number of fused-ring (bicyclic) bond motifs is 1. The van der Waals surface area contributed by atoms with E-state index in [9.17, 15) is 8.42 Å². The second kappa shape index (κ2) is 5.69. The molecular formula is C12H15NO3S2. The quantitative estimate of drug-likeness (QED) is 0.801. The van der Waals surface area contributed by atoms with Gasteiger partial charge in [0.2, 0.25) is 10.0 Å². The van der Waals surface area contributed by atoms with Crippen LogP contribution in [0.5, 0.6) is 0 Å². The minimum Gasteiger partial charge on any atom is -0.396 e.